The number of hydrogen-bond donors (Lipinski definition) is 0. The Kier molecular flexibility index (Phi) is 5.13. The molecule has 0 aliphatic heterocycles. The van der Waals surface area contributed by atoms with E-state index >= 15 is 0 Å². The molecule has 0 saturated heterocycles. The second-order valence-electron chi connectivity index (χ2n) is 2.24. The van der Waals surface area contributed by atoms with Gasteiger partial charge in [-0.2, -0.15) is 8.78 Å². The lowest BCUT2D eigenvalue weighted by molar-refractivity contribution is -0.168. The molecule has 0 saturated carbocycles. The molecule has 0 aromatic carbocycles. The molecule has 0 heterocycles. The van der Waals surface area contributed by atoms with Crippen molar-refractivity contribution in [2.75, 3.05) is 14.2 Å². The number of hydroxylamine groups is 2. The minimum Gasteiger partial charge on any atom is -0.275 e. The van der Waals surface area contributed by atoms with Gasteiger partial charge in [-0.3, -0.25) is 9.63 Å². The van der Waals surface area contributed by atoms with Crippen LogP contribution in [0.3, 0.4) is 0 Å². The Morgan fingerprint density at radius 1 is 1.31 bits per heavy atom. The Balaban J connectivity index is 3.91. The summed E-state index contributed by atoms with van der Waals surface area (Å²) in [6.45, 7) is 0. The van der Waals surface area contributed by atoms with E-state index in [4.69, 9.17) is 0 Å². The van der Waals surface area contributed by atoms with Crippen molar-refractivity contribution in [1.29, 1.82) is 0 Å². The summed E-state index contributed by atoms with van der Waals surface area (Å²) >= 11 is 0. The van der Waals surface area contributed by atoms with Gasteiger partial charge >= 0.3 is 6.08 Å². The fourth-order valence-corrected chi connectivity index (χ4v) is 0.570. The number of carbonyl (C=O) groups is 1. The van der Waals surface area contributed by atoms with Crippen LogP contribution in [0.4, 0.5) is 13.2 Å². The third kappa shape index (κ3) is 4.51. The molecule has 0 atom stereocenters. The number of nitrogens with zero attached hydrogens (tertiary/aromatic N) is 1. The second kappa shape index (κ2) is 5.58. The Labute approximate surface area is 73.7 Å². The molecule has 0 aliphatic rings. The van der Waals surface area contributed by atoms with E-state index in [1.807, 2.05) is 0 Å². The molecule has 0 aromatic heterocycles. The number of hydrogen-bond acceptors (Lipinski definition) is 2. The first-order valence-corrected chi connectivity index (χ1v) is 3.49. The van der Waals surface area contributed by atoms with E-state index in [1.165, 1.54) is 14.2 Å². The Morgan fingerprint density at radius 3 is 2.23 bits per heavy atom. The highest BCUT2D eigenvalue weighted by Crippen LogP contribution is 2.15. The first-order valence-electron chi connectivity index (χ1n) is 3.49. The highest BCUT2D eigenvalue weighted by atomic mass is 19.3. The second-order valence-corrected chi connectivity index (χ2v) is 2.24. The van der Waals surface area contributed by atoms with Gasteiger partial charge in [-0.05, 0) is 0 Å². The van der Waals surface area contributed by atoms with Crippen LogP contribution in [0.15, 0.2) is 11.9 Å². The lowest BCUT2D eigenvalue weighted by Crippen LogP contribution is -2.24. The molecular weight excluding hydrogens is 187 g/mol. The van der Waals surface area contributed by atoms with Crippen molar-refractivity contribution in [3.8, 4) is 0 Å². The maximum atomic E-state index is 12.2. The molecule has 0 unspecified atom stereocenters. The molecule has 0 fully saturated rings. The summed E-state index contributed by atoms with van der Waals surface area (Å²) in [6, 6.07) is 0. The van der Waals surface area contributed by atoms with Gasteiger partial charge in [-0.15, -0.1) is 0 Å². The molecule has 0 bridgehead atoms. The van der Waals surface area contributed by atoms with Gasteiger partial charge in [0.1, 0.15) is 0 Å². The summed E-state index contributed by atoms with van der Waals surface area (Å²) in [6.07, 6.45) is -3.32. The molecule has 1 amide bonds. The quantitative estimate of drug-likeness (QED) is 0.644. The molecule has 0 N–H and O–H groups in total. The van der Waals surface area contributed by atoms with E-state index in [9.17, 15) is 18.0 Å². The molecule has 0 aromatic rings. The molecule has 76 valence electrons. The van der Waals surface area contributed by atoms with E-state index in [1.54, 1.807) is 0 Å². The molecular formula is C7H10F3NO2. The fraction of sp³-hybridized carbons (Fsp3) is 0.571. The van der Waals surface area contributed by atoms with Crippen molar-refractivity contribution in [2.24, 2.45) is 0 Å². The predicted molar refractivity (Wildman–Crippen MR) is 39.4 cm³/mol. The molecule has 0 rings (SSSR count). The monoisotopic (exact) mass is 197 g/mol. The Hall–Kier alpha value is -1.04. The van der Waals surface area contributed by atoms with Crippen LogP contribution in [0.25, 0.3) is 0 Å². The number of allylic oxidation sites excluding steroid dienone is 1. The van der Waals surface area contributed by atoms with Crippen molar-refractivity contribution in [2.45, 2.75) is 12.8 Å². The van der Waals surface area contributed by atoms with E-state index in [-0.39, 0.29) is 6.42 Å². The SMILES string of the molecule is CON(C)C(=O)CCC(F)=C(F)F. The average molecular weight is 197 g/mol. The third-order valence-corrected chi connectivity index (χ3v) is 1.39. The topological polar surface area (TPSA) is 29.5 Å². The summed E-state index contributed by atoms with van der Waals surface area (Å²) in [5.74, 6) is -2.11. The molecule has 3 nitrogen and oxygen atoms in total. The summed E-state index contributed by atoms with van der Waals surface area (Å²) in [5.41, 5.74) is 0. The van der Waals surface area contributed by atoms with Crippen molar-refractivity contribution >= 4 is 5.91 Å². The molecule has 0 aliphatic carbocycles. The molecule has 0 radical (unpaired) electrons. The largest absolute Gasteiger partial charge is 0.301 e. The zero-order valence-electron chi connectivity index (χ0n) is 7.31. The van der Waals surface area contributed by atoms with Crippen LogP contribution in [0.1, 0.15) is 12.8 Å². The minimum absolute atomic E-state index is 0.340. The molecule has 13 heavy (non-hydrogen) atoms. The minimum atomic E-state index is -2.38. The van der Waals surface area contributed by atoms with Crippen LogP contribution in [0, 0.1) is 0 Å². The number of carbonyl (C=O) groups excluding carboxylic acids is 1. The van der Waals surface area contributed by atoms with Crippen LogP contribution in [0.5, 0.6) is 0 Å². The van der Waals surface area contributed by atoms with Crippen LogP contribution in [-0.2, 0) is 9.63 Å². The summed E-state index contributed by atoms with van der Waals surface area (Å²) in [5, 5.41) is 0.851. The van der Waals surface area contributed by atoms with Gasteiger partial charge in [-0.1, -0.05) is 0 Å². The van der Waals surface area contributed by atoms with Crippen molar-refractivity contribution < 1.29 is 22.8 Å². The van der Waals surface area contributed by atoms with Gasteiger partial charge < -0.3 is 0 Å². The first-order chi connectivity index (χ1) is 5.99. The number of halogens is 3. The van der Waals surface area contributed by atoms with E-state index in [2.05, 4.69) is 4.84 Å². The van der Waals surface area contributed by atoms with Gasteiger partial charge in [-0.25, -0.2) is 9.45 Å². The molecule has 0 spiro atoms. The predicted octanol–water partition coefficient (Wildman–Crippen LogP) is 1.86. The highest BCUT2D eigenvalue weighted by molar-refractivity contribution is 5.74. The maximum Gasteiger partial charge on any atom is 0.301 e. The van der Waals surface area contributed by atoms with Gasteiger partial charge in [0.2, 0.25) is 5.91 Å². The third-order valence-electron chi connectivity index (χ3n) is 1.39. The van der Waals surface area contributed by atoms with Gasteiger partial charge in [0.15, 0.2) is 5.83 Å². The normalized spacial score (nSPS) is 9.62. The van der Waals surface area contributed by atoms with E-state index in [0.717, 1.165) is 5.06 Å². The van der Waals surface area contributed by atoms with Crippen LogP contribution in [0.2, 0.25) is 0 Å². The van der Waals surface area contributed by atoms with Crippen molar-refractivity contribution in [3.63, 3.8) is 0 Å². The Morgan fingerprint density at radius 2 is 1.85 bits per heavy atom. The lowest BCUT2D eigenvalue weighted by Gasteiger charge is -2.12. The molecule has 6 heteroatoms. The van der Waals surface area contributed by atoms with Crippen molar-refractivity contribution in [3.05, 3.63) is 11.9 Å². The van der Waals surface area contributed by atoms with Gasteiger partial charge in [0, 0.05) is 19.9 Å². The average Bonchev–Trinajstić information content (AvgIpc) is 2.11. The summed E-state index contributed by atoms with van der Waals surface area (Å²) in [7, 11) is 2.57. The summed E-state index contributed by atoms with van der Waals surface area (Å²) in [4.78, 5) is 15.3. The highest BCUT2D eigenvalue weighted by Gasteiger charge is 2.11. The van der Waals surface area contributed by atoms with Gasteiger partial charge in [0.05, 0.1) is 7.11 Å². The van der Waals surface area contributed by atoms with Crippen LogP contribution in [-0.4, -0.2) is 25.1 Å². The first kappa shape index (κ1) is 12.0. The van der Waals surface area contributed by atoms with E-state index < -0.39 is 24.2 Å². The van der Waals surface area contributed by atoms with Crippen LogP contribution >= 0.6 is 0 Å². The lowest BCUT2D eigenvalue weighted by atomic mass is 10.3. The standard InChI is InChI=1S/C7H10F3NO2/c1-11(13-2)6(12)4-3-5(8)7(9)10/h3-4H2,1-2H3. The van der Waals surface area contributed by atoms with Crippen molar-refractivity contribution in [1.82, 2.24) is 5.06 Å². The fourth-order valence-electron chi connectivity index (χ4n) is 0.570. The Bertz CT molecular complexity index is 214. The number of rotatable bonds is 4. The van der Waals surface area contributed by atoms with E-state index in [0.29, 0.717) is 0 Å². The zero-order chi connectivity index (χ0) is 10.4. The smallest absolute Gasteiger partial charge is 0.275 e. The summed E-state index contributed by atoms with van der Waals surface area (Å²) < 4.78 is 35.2. The number of amides is 1. The van der Waals surface area contributed by atoms with Crippen LogP contribution < -0.4 is 0 Å². The zero-order valence-corrected chi connectivity index (χ0v) is 7.31. The van der Waals surface area contributed by atoms with Gasteiger partial charge in [0.25, 0.3) is 0 Å². The maximum absolute atomic E-state index is 12.2.